The Bertz CT molecular complexity index is 687. The van der Waals surface area contributed by atoms with E-state index in [4.69, 9.17) is 5.26 Å². The van der Waals surface area contributed by atoms with E-state index in [1.165, 1.54) is 25.5 Å². The molecular formula is C15H17N3O2. The Hall–Kier alpha value is -1.83. The van der Waals surface area contributed by atoms with Gasteiger partial charge in [0.1, 0.15) is 11.6 Å². The van der Waals surface area contributed by atoms with Gasteiger partial charge in [0.2, 0.25) is 0 Å². The first-order valence-electron chi connectivity index (χ1n) is 7.36. The average molecular weight is 271 g/mol. The van der Waals surface area contributed by atoms with Gasteiger partial charge in [0.15, 0.2) is 0 Å². The molecule has 5 rings (SSSR count). The van der Waals surface area contributed by atoms with Crippen LogP contribution in [0.4, 0.5) is 0 Å². The molecule has 0 aliphatic heterocycles. The lowest BCUT2D eigenvalue weighted by atomic mass is 9.53. The van der Waals surface area contributed by atoms with E-state index in [1.54, 1.807) is 4.57 Å². The number of hydrogen-bond acceptors (Lipinski definition) is 3. The third-order valence-corrected chi connectivity index (χ3v) is 5.58. The number of aromatic nitrogens is 2. The number of nitrogens with one attached hydrogen (secondary N) is 1. The normalized spacial score (nSPS) is 37.9. The number of H-pyrrole nitrogens is 1. The summed E-state index contributed by atoms with van der Waals surface area (Å²) in [5.41, 5.74) is -1.03. The summed E-state index contributed by atoms with van der Waals surface area (Å²) >= 11 is 0. The number of rotatable bonds is 1. The highest BCUT2D eigenvalue weighted by molar-refractivity contribution is 5.23. The summed E-state index contributed by atoms with van der Waals surface area (Å²) in [7, 11) is 0. The monoisotopic (exact) mass is 271 g/mol. The lowest BCUT2D eigenvalue weighted by molar-refractivity contribution is -0.0455. The van der Waals surface area contributed by atoms with Crippen LogP contribution >= 0.6 is 0 Å². The highest BCUT2D eigenvalue weighted by atomic mass is 16.2. The van der Waals surface area contributed by atoms with Crippen LogP contribution in [0.1, 0.15) is 44.1 Å². The summed E-state index contributed by atoms with van der Waals surface area (Å²) in [6.07, 6.45) is 8.45. The number of hydrogen-bond donors (Lipinski definition) is 1. The maximum Gasteiger partial charge on any atom is 0.328 e. The van der Waals surface area contributed by atoms with E-state index in [0.29, 0.717) is 17.8 Å². The van der Waals surface area contributed by atoms with Crippen molar-refractivity contribution in [2.24, 2.45) is 17.8 Å². The minimum absolute atomic E-state index is 0.0420. The zero-order valence-corrected chi connectivity index (χ0v) is 11.3. The van der Waals surface area contributed by atoms with Crippen LogP contribution in [0.5, 0.6) is 0 Å². The summed E-state index contributed by atoms with van der Waals surface area (Å²) in [6.45, 7) is 0. The average Bonchev–Trinajstić information content (AvgIpc) is 2.36. The molecule has 1 N–H and O–H groups in total. The van der Waals surface area contributed by atoms with Crippen molar-refractivity contribution in [1.29, 1.82) is 5.26 Å². The largest absolute Gasteiger partial charge is 0.328 e. The molecule has 0 aromatic carbocycles. The quantitative estimate of drug-likeness (QED) is 0.837. The highest BCUT2D eigenvalue weighted by Crippen LogP contribution is 2.58. The smallest absolute Gasteiger partial charge is 0.293 e. The Labute approximate surface area is 116 Å². The van der Waals surface area contributed by atoms with Gasteiger partial charge in [-0.25, -0.2) is 4.79 Å². The second-order valence-electron chi connectivity index (χ2n) is 6.93. The topological polar surface area (TPSA) is 78.7 Å². The number of nitriles is 1. The molecular weight excluding hydrogens is 254 g/mol. The first kappa shape index (κ1) is 12.0. The van der Waals surface area contributed by atoms with Crippen LogP contribution in [0.2, 0.25) is 0 Å². The Morgan fingerprint density at radius 3 is 2.20 bits per heavy atom. The van der Waals surface area contributed by atoms with Crippen LogP contribution in [0.3, 0.4) is 0 Å². The molecule has 4 bridgehead atoms. The van der Waals surface area contributed by atoms with Gasteiger partial charge in [-0.1, -0.05) is 0 Å². The second kappa shape index (κ2) is 3.85. The fourth-order valence-corrected chi connectivity index (χ4v) is 5.26. The van der Waals surface area contributed by atoms with Crippen LogP contribution < -0.4 is 11.2 Å². The fraction of sp³-hybridized carbons (Fsp3) is 0.667. The Balaban J connectivity index is 1.87. The van der Waals surface area contributed by atoms with Gasteiger partial charge >= 0.3 is 5.69 Å². The SMILES string of the molecule is N#Cc1cn(C23CC4CC(CC(C4)C2)C3)c(=O)[nH]c1=O. The van der Waals surface area contributed by atoms with Crippen molar-refractivity contribution < 1.29 is 0 Å². The Kier molecular flexibility index (Phi) is 2.30. The highest BCUT2D eigenvalue weighted by Gasteiger charge is 2.52. The van der Waals surface area contributed by atoms with Crippen molar-refractivity contribution in [3.05, 3.63) is 32.6 Å². The molecule has 5 heteroatoms. The summed E-state index contributed by atoms with van der Waals surface area (Å²) in [4.78, 5) is 26.1. The van der Waals surface area contributed by atoms with Gasteiger partial charge in [0.25, 0.3) is 5.56 Å². The maximum absolute atomic E-state index is 12.2. The molecule has 1 heterocycles. The van der Waals surface area contributed by atoms with Gasteiger partial charge in [0.05, 0.1) is 0 Å². The number of nitrogens with zero attached hydrogens (tertiary/aromatic N) is 2. The van der Waals surface area contributed by atoms with Crippen molar-refractivity contribution in [2.75, 3.05) is 0 Å². The summed E-state index contributed by atoms with van der Waals surface area (Å²) in [5.74, 6) is 2.14. The fourth-order valence-electron chi connectivity index (χ4n) is 5.26. The van der Waals surface area contributed by atoms with E-state index in [-0.39, 0.29) is 16.8 Å². The van der Waals surface area contributed by atoms with Crippen molar-refractivity contribution in [2.45, 2.75) is 44.1 Å². The van der Waals surface area contributed by atoms with Crippen molar-refractivity contribution in [3.8, 4) is 6.07 Å². The van der Waals surface area contributed by atoms with Gasteiger partial charge in [-0.05, 0) is 56.3 Å². The van der Waals surface area contributed by atoms with Gasteiger partial charge in [-0.2, -0.15) is 5.26 Å². The summed E-state index contributed by atoms with van der Waals surface area (Å²) in [6, 6.07) is 1.89. The van der Waals surface area contributed by atoms with Crippen molar-refractivity contribution in [3.63, 3.8) is 0 Å². The minimum Gasteiger partial charge on any atom is -0.293 e. The first-order valence-corrected chi connectivity index (χ1v) is 7.36. The Morgan fingerprint density at radius 2 is 1.70 bits per heavy atom. The summed E-state index contributed by atoms with van der Waals surface area (Å²) in [5, 5.41) is 9.03. The maximum atomic E-state index is 12.2. The molecule has 4 aliphatic carbocycles. The molecule has 0 amide bonds. The van der Waals surface area contributed by atoms with E-state index in [0.717, 1.165) is 19.3 Å². The predicted molar refractivity (Wildman–Crippen MR) is 72.2 cm³/mol. The molecule has 1 aromatic rings. The molecule has 0 spiro atoms. The second-order valence-corrected chi connectivity index (χ2v) is 6.93. The van der Waals surface area contributed by atoms with E-state index in [9.17, 15) is 9.59 Å². The number of aromatic amines is 1. The molecule has 0 radical (unpaired) electrons. The zero-order chi connectivity index (χ0) is 13.9. The molecule has 5 nitrogen and oxygen atoms in total. The first-order chi connectivity index (χ1) is 9.59. The molecule has 104 valence electrons. The molecule has 4 aliphatic rings. The molecule has 0 unspecified atom stereocenters. The molecule has 0 saturated heterocycles. The van der Waals surface area contributed by atoms with Gasteiger partial charge in [-0.3, -0.25) is 14.3 Å². The predicted octanol–water partition coefficient (Wildman–Crippen LogP) is 1.33. The lowest BCUT2D eigenvalue weighted by Gasteiger charge is -2.57. The Morgan fingerprint density at radius 1 is 1.15 bits per heavy atom. The van der Waals surface area contributed by atoms with E-state index in [1.807, 2.05) is 6.07 Å². The molecule has 0 atom stereocenters. The van der Waals surface area contributed by atoms with E-state index >= 15 is 0 Å². The van der Waals surface area contributed by atoms with Crippen LogP contribution in [0.15, 0.2) is 15.8 Å². The van der Waals surface area contributed by atoms with E-state index < -0.39 is 5.56 Å². The van der Waals surface area contributed by atoms with Gasteiger partial charge in [0, 0.05) is 11.7 Å². The van der Waals surface area contributed by atoms with Crippen LogP contribution in [-0.2, 0) is 5.54 Å². The lowest BCUT2D eigenvalue weighted by Crippen LogP contribution is -2.55. The minimum atomic E-state index is -0.571. The summed E-state index contributed by atoms with van der Waals surface area (Å²) < 4.78 is 1.68. The van der Waals surface area contributed by atoms with Crippen molar-refractivity contribution >= 4 is 0 Å². The standard InChI is InChI=1S/C15H17N3O2/c16-7-12-8-18(14(20)17-13(12)19)15-4-9-1-10(5-15)3-11(2-9)6-15/h8-11H,1-6H2,(H,17,19,20). The third-order valence-electron chi connectivity index (χ3n) is 5.58. The molecule has 4 saturated carbocycles. The molecule has 4 fully saturated rings. The van der Waals surface area contributed by atoms with Gasteiger partial charge < -0.3 is 0 Å². The van der Waals surface area contributed by atoms with Crippen LogP contribution in [0.25, 0.3) is 0 Å². The van der Waals surface area contributed by atoms with E-state index in [2.05, 4.69) is 4.98 Å². The van der Waals surface area contributed by atoms with Crippen LogP contribution in [0, 0.1) is 29.1 Å². The van der Waals surface area contributed by atoms with Gasteiger partial charge in [-0.15, -0.1) is 0 Å². The third kappa shape index (κ3) is 1.54. The molecule has 20 heavy (non-hydrogen) atoms. The zero-order valence-electron chi connectivity index (χ0n) is 11.3. The van der Waals surface area contributed by atoms with Crippen LogP contribution in [-0.4, -0.2) is 9.55 Å². The van der Waals surface area contributed by atoms with Crippen molar-refractivity contribution in [1.82, 2.24) is 9.55 Å². The molecule has 1 aromatic heterocycles.